The Hall–Kier alpha value is -3.60. The smallest absolute Gasteiger partial charge is 0.219 e. The van der Waals surface area contributed by atoms with E-state index in [-0.39, 0.29) is 5.76 Å². The first-order valence-electron chi connectivity index (χ1n) is 8.27. The lowest BCUT2D eigenvalue weighted by molar-refractivity contribution is -0.326. The molecule has 0 saturated carbocycles. The first-order valence-corrected chi connectivity index (χ1v) is 8.27. The van der Waals surface area contributed by atoms with Crippen LogP contribution in [0.15, 0.2) is 53.1 Å². The van der Waals surface area contributed by atoms with Gasteiger partial charge in [0, 0.05) is 6.92 Å². The summed E-state index contributed by atoms with van der Waals surface area (Å²) >= 11 is 0. The van der Waals surface area contributed by atoms with E-state index in [0.717, 1.165) is 0 Å². The van der Waals surface area contributed by atoms with E-state index in [1.54, 1.807) is 43.3 Å². The summed E-state index contributed by atoms with van der Waals surface area (Å²) in [6.45, 7) is 1.58. The van der Waals surface area contributed by atoms with Gasteiger partial charge in [-0.3, -0.25) is 5.41 Å². The van der Waals surface area contributed by atoms with E-state index in [0.29, 0.717) is 5.56 Å². The minimum atomic E-state index is -1.98. The van der Waals surface area contributed by atoms with Crippen molar-refractivity contribution in [2.24, 2.45) is 10.8 Å². The van der Waals surface area contributed by atoms with Crippen LogP contribution in [-0.2, 0) is 9.47 Å². The highest BCUT2D eigenvalue weighted by Gasteiger charge is 2.80. The summed E-state index contributed by atoms with van der Waals surface area (Å²) in [7, 11) is 0. The molecular formula is C20H14N4O3. The molecule has 27 heavy (non-hydrogen) atoms. The third-order valence-corrected chi connectivity index (χ3v) is 5.45. The number of nitrogens with one attached hydrogen (secondary N) is 1. The number of hydrogen-bond acceptors (Lipinski definition) is 7. The summed E-state index contributed by atoms with van der Waals surface area (Å²) in [6, 6.07) is 18.2. The second-order valence-corrected chi connectivity index (χ2v) is 6.76. The van der Waals surface area contributed by atoms with E-state index in [4.69, 9.17) is 19.3 Å². The highest BCUT2D eigenvalue weighted by atomic mass is 16.7. The van der Waals surface area contributed by atoms with Gasteiger partial charge < -0.3 is 13.9 Å². The van der Waals surface area contributed by atoms with Crippen LogP contribution < -0.4 is 0 Å². The molecule has 1 aromatic carbocycles. The Kier molecular flexibility index (Phi) is 3.40. The Labute approximate surface area is 155 Å². The van der Waals surface area contributed by atoms with Crippen LogP contribution in [0, 0.1) is 50.2 Å². The molecule has 7 nitrogen and oxygen atoms in total. The van der Waals surface area contributed by atoms with E-state index in [2.05, 4.69) is 12.1 Å². The zero-order valence-electron chi connectivity index (χ0n) is 14.3. The van der Waals surface area contributed by atoms with Crippen LogP contribution in [0.1, 0.15) is 30.3 Å². The first-order chi connectivity index (χ1) is 13.0. The minimum absolute atomic E-state index is 0.261. The maximum Gasteiger partial charge on any atom is 0.219 e. The highest BCUT2D eigenvalue weighted by Crippen LogP contribution is 2.69. The maximum atomic E-state index is 10.2. The van der Waals surface area contributed by atoms with Crippen molar-refractivity contribution < 1.29 is 13.9 Å². The second kappa shape index (κ2) is 5.45. The molecule has 3 aliphatic heterocycles. The van der Waals surface area contributed by atoms with Crippen LogP contribution in [0.2, 0.25) is 0 Å². The number of fused-ring (bicyclic) bond motifs is 3. The monoisotopic (exact) mass is 358 g/mol. The normalized spacial score (nSPS) is 33.3. The molecule has 4 atom stereocenters. The molecule has 0 aliphatic carbocycles. The molecule has 0 unspecified atom stereocenters. The zero-order chi connectivity index (χ0) is 19.3. The van der Waals surface area contributed by atoms with E-state index in [9.17, 15) is 15.8 Å². The van der Waals surface area contributed by atoms with E-state index >= 15 is 0 Å². The summed E-state index contributed by atoms with van der Waals surface area (Å²) in [5.41, 5.74) is -3.27. The van der Waals surface area contributed by atoms with Crippen molar-refractivity contribution in [3.8, 4) is 18.2 Å². The Morgan fingerprint density at radius 2 is 1.70 bits per heavy atom. The van der Waals surface area contributed by atoms with Gasteiger partial charge in [-0.15, -0.1) is 0 Å². The number of furan rings is 1. The van der Waals surface area contributed by atoms with Gasteiger partial charge in [0.2, 0.25) is 11.7 Å². The van der Waals surface area contributed by atoms with Gasteiger partial charge in [-0.25, -0.2) is 0 Å². The zero-order valence-corrected chi connectivity index (χ0v) is 14.3. The van der Waals surface area contributed by atoms with Crippen LogP contribution in [0.4, 0.5) is 0 Å². The fraction of sp³-hybridized carbons (Fsp3) is 0.300. The Morgan fingerprint density at radius 3 is 2.26 bits per heavy atom. The molecule has 0 amide bonds. The predicted octanol–water partition coefficient (Wildman–Crippen LogP) is 3.40. The summed E-state index contributed by atoms with van der Waals surface area (Å²) in [5.74, 6) is -2.60. The van der Waals surface area contributed by atoms with Crippen LogP contribution in [0.25, 0.3) is 0 Å². The fourth-order valence-corrected chi connectivity index (χ4v) is 4.32. The van der Waals surface area contributed by atoms with Crippen LogP contribution in [0.5, 0.6) is 0 Å². The Balaban J connectivity index is 2.06. The van der Waals surface area contributed by atoms with Gasteiger partial charge in [0.1, 0.15) is 11.9 Å². The molecule has 3 fully saturated rings. The predicted molar refractivity (Wildman–Crippen MR) is 90.6 cm³/mol. The van der Waals surface area contributed by atoms with Crippen LogP contribution in [-0.4, -0.2) is 11.7 Å². The molecule has 7 heteroatoms. The molecule has 4 heterocycles. The lowest BCUT2D eigenvalue weighted by Crippen LogP contribution is -2.70. The molecule has 2 bridgehead atoms. The molecule has 2 aromatic rings. The van der Waals surface area contributed by atoms with Crippen LogP contribution >= 0.6 is 0 Å². The van der Waals surface area contributed by atoms with Gasteiger partial charge in [0.15, 0.2) is 10.8 Å². The third kappa shape index (κ3) is 1.83. The van der Waals surface area contributed by atoms with Crippen molar-refractivity contribution in [1.82, 2.24) is 0 Å². The van der Waals surface area contributed by atoms with E-state index in [1.165, 1.54) is 6.26 Å². The molecule has 0 radical (unpaired) electrons. The number of ether oxygens (including phenoxy) is 2. The summed E-state index contributed by atoms with van der Waals surface area (Å²) in [5, 5.41) is 38.9. The number of nitriles is 3. The quantitative estimate of drug-likeness (QED) is 0.876. The molecule has 3 aliphatic rings. The number of nitrogens with zero attached hydrogens (tertiary/aromatic N) is 3. The summed E-state index contributed by atoms with van der Waals surface area (Å²) in [4.78, 5) is 0. The topological polar surface area (TPSA) is 127 Å². The summed E-state index contributed by atoms with van der Waals surface area (Å²) < 4.78 is 17.3. The molecule has 0 spiro atoms. The number of hydrogen-bond donors (Lipinski definition) is 1. The van der Waals surface area contributed by atoms with Gasteiger partial charge >= 0.3 is 0 Å². The Morgan fingerprint density at radius 1 is 1.00 bits per heavy atom. The van der Waals surface area contributed by atoms with Crippen molar-refractivity contribution in [2.45, 2.75) is 24.7 Å². The average molecular weight is 358 g/mol. The third-order valence-electron chi connectivity index (χ3n) is 5.45. The SMILES string of the molecule is C[C@@]12OC(=N)[C@@](C#N)([C@@H](c3ccco3)O1)C(C#N)(C#N)[C@@H]2c1ccccc1. The van der Waals surface area contributed by atoms with Crippen LogP contribution in [0.3, 0.4) is 0 Å². The lowest BCUT2D eigenvalue weighted by atomic mass is 9.50. The van der Waals surface area contributed by atoms with Gasteiger partial charge in [-0.05, 0) is 17.7 Å². The highest BCUT2D eigenvalue weighted by molar-refractivity contribution is 5.89. The summed E-state index contributed by atoms with van der Waals surface area (Å²) in [6.07, 6.45) is 0.288. The number of benzene rings is 1. The van der Waals surface area contributed by atoms with Crippen molar-refractivity contribution in [1.29, 1.82) is 21.2 Å². The van der Waals surface area contributed by atoms with Crippen molar-refractivity contribution in [3.63, 3.8) is 0 Å². The second-order valence-electron chi connectivity index (χ2n) is 6.76. The molecule has 1 N–H and O–H groups in total. The molecule has 5 rings (SSSR count). The van der Waals surface area contributed by atoms with E-state index in [1.807, 2.05) is 12.1 Å². The largest absolute Gasteiger partial charge is 0.467 e. The standard InChI is InChI=1S/C20H14N4O3/c1-18-15(13-6-3-2-4-7-13)19(10-21,11-22)20(12-23,17(24)27-18)16(26-18)14-8-5-9-25-14/h2-9,15-16,24H,1H3/t15-,16-,18+,20-/m1/s1. The van der Waals surface area contributed by atoms with Crippen molar-refractivity contribution in [3.05, 3.63) is 60.1 Å². The van der Waals surface area contributed by atoms with Gasteiger partial charge in [0.05, 0.1) is 30.4 Å². The van der Waals surface area contributed by atoms with Gasteiger partial charge in [-0.1, -0.05) is 30.3 Å². The molecule has 132 valence electrons. The Bertz CT molecular complexity index is 1010. The van der Waals surface area contributed by atoms with Gasteiger partial charge in [-0.2, -0.15) is 15.8 Å². The first kappa shape index (κ1) is 16.8. The lowest BCUT2D eigenvalue weighted by Gasteiger charge is -2.60. The van der Waals surface area contributed by atoms with E-state index < -0.39 is 34.5 Å². The molecular weight excluding hydrogens is 344 g/mol. The van der Waals surface area contributed by atoms with Crippen molar-refractivity contribution in [2.75, 3.05) is 0 Å². The average Bonchev–Trinajstić information content (AvgIpc) is 3.21. The van der Waals surface area contributed by atoms with Gasteiger partial charge in [0.25, 0.3) is 0 Å². The molecule has 3 saturated heterocycles. The fourth-order valence-electron chi connectivity index (χ4n) is 4.32. The van der Waals surface area contributed by atoms with Crippen molar-refractivity contribution >= 4 is 5.90 Å². The molecule has 1 aromatic heterocycles. The number of rotatable bonds is 2. The minimum Gasteiger partial charge on any atom is -0.467 e. The maximum absolute atomic E-state index is 10.2.